The summed E-state index contributed by atoms with van der Waals surface area (Å²) in [5.41, 5.74) is 1.14. The van der Waals surface area contributed by atoms with Crippen molar-refractivity contribution in [3.8, 4) is 46.0 Å². The molecule has 4 aromatic carbocycles. The molecule has 0 saturated heterocycles. The summed E-state index contributed by atoms with van der Waals surface area (Å²) < 4.78 is 86.7. The van der Waals surface area contributed by atoms with Gasteiger partial charge in [-0.3, -0.25) is 19.2 Å². The van der Waals surface area contributed by atoms with Gasteiger partial charge < -0.3 is 58.0 Å². The van der Waals surface area contributed by atoms with E-state index in [0.29, 0.717) is 45.6 Å². The molecule has 19 heteroatoms. The molecule has 0 bridgehead atoms. The van der Waals surface area contributed by atoms with Gasteiger partial charge >= 0.3 is 11.9 Å². The van der Waals surface area contributed by atoms with E-state index in [0.717, 1.165) is 13.8 Å². The molecule has 0 heterocycles. The van der Waals surface area contributed by atoms with Crippen molar-refractivity contribution in [1.29, 1.82) is 0 Å². The molecule has 0 aliphatic heterocycles. The van der Waals surface area contributed by atoms with Gasteiger partial charge in [0.25, 0.3) is 11.8 Å². The average molecular weight is 949 g/mol. The van der Waals surface area contributed by atoms with E-state index in [9.17, 15) is 19.2 Å². The lowest BCUT2D eigenvalue weighted by Gasteiger charge is -2.24. The Balaban J connectivity index is 2.10. The van der Waals surface area contributed by atoms with Gasteiger partial charge in [0.2, 0.25) is 0 Å². The van der Waals surface area contributed by atoms with Crippen molar-refractivity contribution in [2.45, 2.75) is 50.4 Å². The van der Waals surface area contributed by atoms with Crippen LogP contribution in [0.1, 0.15) is 60.4 Å². The maximum absolute atomic E-state index is 15.9. The summed E-state index contributed by atoms with van der Waals surface area (Å²) >= 11 is 0. The van der Waals surface area contributed by atoms with Crippen molar-refractivity contribution in [3.05, 3.63) is 95.1 Å². The minimum atomic E-state index is -4.64. The zero-order chi connectivity index (χ0) is 49.6. The molecule has 0 aliphatic carbocycles. The summed E-state index contributed by atoms with van der Waals surface area (Å²) in [4.78, 5) is 50.0. The number of hydrogen-bond acceptors (Lipinski definition) is 16. The number of benzene rings is 4. The third kappa shape index (κ3) is 12.9. The van der Waals surface area contributed by atoms with Gasteiger partial charge in [0.1, 0.15) is 56.5 Å². The summed E-state index contributed by atoms with van der Waals surface area (Å²) in [6, 6.07) is 15.3. The molecule has 4 rings (SSSR count). The maximum Gasteiger partial charge on any atom is 0.303 e. The Morgan fingerprint density at radius 3 is 1.06 bits per heavy atom. The fourth-order valence-corrected chi connectivity index (χ4v) is 8.78. The topological polar surface area (TPSA) is 219 Å². The van der Waals surface area contributed by atoms with Crippen LogP contribution in [0.15, 0.2) is 72.8 Å². The van der Waals surface area contributed by atoms with Crippen LogP contribution in [0.5, 0.6) is 46.0 Å². The smallest absolute Gasteiger partial charge is 0.303 e. The zero-order valence-corrected chi connectivity index (χ0v) is 40.1. The Bertz CT molecular complexity index is 2390. The Morgan fingerprint density at radius 1 is 0.478 bits per heavy atom. The van der Waals surface area contributed by atoms with Gasteiger partial charge in [-0.25, -0.2) is 8.42 Å². The van der Waals surface area contributed by atoms with Gasteiger partial charge in [0.05, 0.1) is 79.4 Å². The van der Waals surface area contributed by atoms with E-state index in [4.69, 9.17) is 47.4 Å². The molecule has 4 unspecified atom stereocenters. The minimum Gasteiger partial charge on any atom is -0.496 e. The highest BCUT2D eigenvalue weighted by Gasteiger charge is 2.36. The van der Waals surface area contributed by atoms with Gasteiger partial charge in [-0.05, 0) is 61.4 Å². The number of ether oxygens (including phenoxy) is 10. The van der Waals surface area contributed by atoms with Crippen molar-refractivity contribution in [2.24, 2.45) is 0 Å². The van der Waals surface area contributed by atoms with Crippen LogP contribution in [0.3, 0.4) is 0 Å². The van der Waals surface area contributed by atoms with Crippen LogP contribution >= 0.6 is 0 Å². The van der Waals surface area contributed by atoms with Gasteiger partial charge in [0, 0.05) is 38.1 Å². The van der Waals surface area contributed by atoms with E-state index in [-0.39, 0.29) is 34.0 Å². The molecule has 0 saturated carbocycles. The molecule has 2 N–H and O–H groups in total. The number of anilines is 2. The SMILES string of the molecule is COc1cc(OC)c(/C=C/C(c2ccc(OC)c(NC(=O)C(C)OC(C)=O)c2)S(=O)(=O)C(/C=C/c2c(OC)cc(OC)cc2OC)c2ccc(OC)c(NC(=O)C(C)OC(C)=O)c2)c(OC)c1. The lowest BCUT2D eigenvalue weighted by molar-refractivity contribution is -0.151. The monoisotopic (exact) mass is 948 g/mol. The fraction of sp³-hybridized carbons (Fsp3) is 0.333. The largest absolute Gasteiger partial charge is 0.496 e. The molecule has 0 fully saturated rings. The molecule has 360 valence electrons. The molecule has 0 radical (unpaired) electrons. The predicted molar refractivity (Wildman–Crippen MR) is 250 cm³/mol. The van der Waals surface area contributed by atoms with E-state index < -0.39 is 56.3 Å². The van der Waals surface area contributed by atoms with E-state index >= 15 is 8.42 Å². The highest BCUT2D eigenvalue weighted by molar-refractivity contribution is 7.92. The number of carbonyl (C=O) groups excluding carboxylic acids is 4. The molecule has 4 aromatic rings. The fourth-order valence-electron chi connectivity index (χ4n) is 6.81. The Morgan fingerprint density at radius 2 is 0.791 bits per heavy atom. The van der Waals surface area contributed by atoms with Crippen molar-refractivity contribution < 1.29 is 75.0 Å². The quantitative estimate of drug-likeness (QED) is 0.0747. The Hall–Kier alpha value is -7.41. The summed E-state index contributed by atoms with van der Waals surface area (Å²) in [6.45, 7) is 5.08. The van der Waals surface area contributed by atoms with Crippen LogP contribution in [0, 0.1) is 0 Å². The van der Waals surface area contributed by atoms with Crippen LogP contribution in [-0.2, 0) is 38.5 Å². The summed E-state index contributed by atoms with van der Waals surface area (Å²) in [6.07, 6.45) is 3.47. The predicted octanol–water partition coefficient (Wildman–Crippen LogP) is 7.16. The standard InChI is InChI=1S/C48H56N2O16S/c1-27(65-29(3)51)47(53)49-37-21-31(13-17-39(37)59-7)45(19-15-35-41(61-9)23-33(57-5)24-42(35)62-10)67(55,56)46(20-16-36-43(63-11)25-34(58-6)26-44(36)64-12)32-14-18-40(60-8)38(22-32)50-48(54)28(2)66-30(4)52/h13-28,45-46H,1-12H3,(H,49,53)(H,50,54)/b19-15+,20-16+. The number of carbonyl (C=O) groups is 4. The third-order valence-corrected chi connectivity index (χ3v) is 12.4. The highest BCUT2D eigenvalue weighted by atomic mass is 32.2. The molecule has 0 spiro atoms. The maximum atomic E-state index is 15.9. The summed E-state index contributed by atoms with van der Waals surface area (Å²) in [5.74, 6) is -0.488. The van der Waals surface area contributed by atoms with E-state index in [2.05, 4.69) is 10.6 Å². The first-order chi connectivity index (χ1) is 31.9. The first kappa shape index (κ1) is 52.2. The molecule has 0 aromatic heterocycles. The van der Waals surface area contributed by atoms with Crippen LogP contribution in [0.25, 0.3) is 12.2 Å². The first-order valence-corrected chi connectivity index (χ1v) is 22.0. The van der Waals surface area contributed by atoms with E-state index in [1.807, 2.05) is 0 Å². The second-order valence-corrected chi connectivity index (χ2v) is 16.6. The van der Waals surface area contributed by atoms with Crippen molar-refractivity contribution in [1.82, 2.24) is 0 Å². The number of nitrogens with one attached hydrogen (secondary N) is 2. The van der Waals surface area contributed by atoms with Crippen LogP contribution in [0.2, 0.25) is 0 Å². The number of amides is 2. The third-order valence-electron chi connectivity index (χ3n) is 10.1. The second-order valence-electron chi connectivity index (χ2n) is 14.4. The summed E-state index contributed by atoms with van der Waals surface area (Å²) in [5, 5.41) is 2.25. The Kier molecular flexibility index (Phi) is 18.5. The first-order valence-electron chi connectivity index (χ1n) is 20.4. The molecule has 67 heavy (non-hydrogen) atoms. The van der Waals surface area contributed by atoms with Crippen molar-refractivity contribution in [3.63, 3.8) is 0 Å². The molecule has 18 nitrogen and oxygen atoms in total. The number of esters is 2. The van der Waals surface area contributed by atoms with E-state index in [1.54, 1.807) is 24.3 Å². The zero-order valence-electron chi connectivity index (χ0n) is 39.3. The van der Waals surface area contributed by atoms with Crippen molar-refractivity contribution >= 4 is 57.1 Å². The van der Waals surface area contributed by atoms with Gasteiger partial charge in [-0.2, -0.15) is 0 Å². The highest BCUT2D eigenvalue weighted by Crippen LogP contribution is 2.44. The van der Waals surface area contributed by atoms with Crippen LogP contribution in [-0.4, -0.2) is 101 Å². The van der Waals surface area contributed by atoms with Gasteiger partial charge in [0.15, 0.2) is 22.0 Å². The molecular formula is C48H56N2O16S. The lowest BCUT2D eigenvalue weighted by Crippen LogP contribution is -2.29. The second kappa shape index (κ2) is 23.7. The Labute approximate surface area is 389 Å². The molecule has 2 amide bonds. The number of rotatable bonds is 22. The normalized spacial score (nSPS) is 13.1. The van der Waals surface area contributed by atoms with Gasteiger partial charge in [-0.15, -0.1) is 0 Å². The molecular weight excluding hydrogens is 893 g/mol. The van der Waals surface area contributed by atoms with E-state index in [1.165, 1.54) is 131 Å². The molecule has 0 aliphatic rings. The van der Waals surface area contributed by atoms with Crippen molar-refractivity contribution in [2.75, 3.05) is 67.5 Å². The van der Waals surface area contributed by atoms with Crippen LogP contribution < -0.4 is 48.5 Å². The number of methoxy groups -OCH3 is 8. The number of sulfone groups is 1. The van der Waals surface area contributed by atoms with Crippen LogP contribution in [0.4, 0.5) is 11.4 Å². The average Bonchev–Trinajstić information content (AvgIpc) is 3.30. The molecule has 4 atom stereocenters. The lowest BCUT2D eigenvalue weighted by atomic mass is 10.1. The number of hydrogen-bond donors (Lipinski definition) is 2. The van der Waals surface area contributed by atoms with Gasteiger partial charge in [-0.1, -0.05) is 24.3 Å². The minimum absolute atomic E-state index is 0.0633. The summed E-state index contributed by atoms with van der Waals surface area (Å²) in [7, 11) is 6.78.